The van der Waals surface area contributed by atoms with Crippen molar-refractivity contribution in [2.45, 2.75) is 0 Å². The molecule has 0 spiro atoms. The lowest BCUT2D eigenvalue weighted by Crippen LogP contribution is -1.92. The van der Waals surface area contributed by atoms with Crippen LogP contribution in [0.25, 0.3) is 0 Å². The Labute approximate surface area is 104 Å². The SMILES string of the molecule is N#Cc1cccc(Oc2cc(Cl)ccc2N)c1. The second-order valence-corrected chi connectivity index (χ2v) is 3.86. The summed E-state index contributed by atoms with van der Waals surface area (Å²) in [5.41, 5.74) is 6.79. The molecule has 0 unspecified atom stereocenters. The smallest absolute Gasteiger partial charge is 0.151 e. The van der Waals surface area contributed by atoms with Crippen molar-refractivity contribution in [3.05, 3.63) is 53.1 Å². The summed E-state index contributed by atoms with van der Waals surface area (Å²) in [4.78, 5) is 0. The van der Waals surface area contributed by atoms with Crippen LogP contribution in [0, 0.1) is 11.3 Å². The average Bonchev–Trinajstić information content (AvgIpc) is 2.34. The number of ether oxygens (including phenoxy) is 1. The van der Waals surface area contributed by atoms with E-state index in [0.717, 1.165) is 0 Å². The Morgan fingerprint density at radius 3 is 2.76 bits per heavy atom. The predicted molar refractivity (Wildman–Crippen MR) is 67.1 cm³/mol. The first-order valence-corrected chi connectivity index (χ1v) is 5.30. The molecule has 0 radical (unpaired) electrons. The number of rotatable bonds is 2. The quantitative estimate of drug-likeness (QED) is 0.822. The molecule has 0 atom stereocenters. The van der Waals surface area contributed by atoms with Crippen molar-refractivity contribution in [3.8, 4) is 17.6 Å². The molecule has 0 saturated heterocycles. The van der Waals surface area contributed by atoms with Crippen molar-refractivity contribution in [3.63, 3.8) is 0 Å². The maximum Gasteiger partial charge on any atom is 0.151 e. The number of hydrogen-bond donors (Lipinski definition) is 1. The first-order valence-electron chi connectivity index (χ1n) is 4.92. The standard InChI is InChI=1S/C13H9ClN2O/c14-10-4-5-12(16)13(7-10)17-11-3-1-2-9(6-11)8-15/h1-7H,16H2. The minimum absolute atomic E-state index is 0.479. The van der Waals surface area contributed by atoms with Crippen LogP contribution < -0.4 is 10.5 Å². The van der Waals surface area contributed by atoms with E-state index in [2.05, 4.69) is 0 Å². The number of nitriles is 1. The molecule has 2 rings (SSSR count). The molecule has 3 nitrogen and oxygen atoms in total. The molecule has 2 aromatic carbocycles. The Hall–Kier alpha value is -2.18. The number of benzene rings is 2. The summed E-state index contributed by atoms with van der Waals surface area (Å²) in [5, 5.41) is 9.32. The molecule has 0 aliphatic heterocycles. The average molecular weight is 245 g/mol. The number of nitrogens with two attached hydrogens (primary N) is 1. The summed E-state index contributed by atoms with van der Waals surface area (Å²) >= 11 is 5.85. The van der Waals surface area contributed by atoms with Gasteiger partial charge >= 0.3 is 0 Å². The van der Waals surface area contributed by atoms with Gasteiger partial charge in [-0.15, -0.1) is 0 Å². The van der Waals surface area contributed by atoms with Crippen LogP contribution in [-0.4, -0.2) is 0 Å². The van der Waals surface area contributed by atoms with E-state index in [9.17, 15) is 0 Å². The summed E-state index contributed by atoms with van der Waals surface area (Å²) in [6.07, 6.45) is 0. The van der Waals surface area contributed by atoms with Crippen LogP contribution in [0.4, 0.5) is 5.69 Å². The third-order valence-corrected chi connectivity index (χ3v) is 2.40. The van der Waals surface area contributed by atoms with Crippen LogP contribution in [0.5, 0.6) is 11.5 Å². The molecule has 0 aliphatic carbocycles. The molecule has 84 valence electrons. The van der Waals surface area contributed by atoms with Crippen molar-refractivity contribution < 1.29 is 4.74 Å². The number of nitrogens with zero attached hydrogens (tertiary/aromatic N) is 1. The molecule has 0 aromatic heterocycles. The monoisotopic (exact) mass is 244 g/mol. The zero-order chi connectivity index (χ0) is 12.3. The molecule has 0 amide bonds. The molecule has 0 aliphatic rings. The van der Waals surface area contributed by atoms with Crippen molar-refractivity contribution in [1.82, 2.24) is 0 Å². The van der Waals surface area contributed by atoms with Crippen molar-refractivity contribution in [2.24, 2.45) is 0 Å². The minimum Gasteiger partial charge on any atom is -0.455 e. The fourth-order valence-electron chi connectivity index (χ4n) is 1.35. The van der Waals surface area contributed by atoms with Crippen molar-refractivity contribution >= 4 is 17.3 Å². The van der Waals surface area contributed by atoms with Crippen molar-refractivity contribution in [1.29, 1.82) is 5.26 Å². The fraction of sp³-hybridized carbons (Fsp3) is 0. The van der Waals surface area contributed by atoms with E-state index < -0.39 is 0 Å². The summed E-state index contributed by atoms with van der Waals surface area (Å²) < 4.78 is 5.57. The predicted octanol–water partition coefficient (Wildman–Crippen LogP) is 3.59. The first-order chi connectivity index (χ1) is 8.19. The molecular formula is C13H9ClN2O. The summed E-state index contributed by atoms with van der Waals surface area (Å²) in [5.74, 6) is 1.03. The Morgan fingerprint density at radius 1 is 1.18 bits per heavy atom. The van der Waals surface area contributed by atoms with Crippen LogP contribution in [-0.2, 0) is 0 Å². The lowest BCUT2D eigenvalue weighted by Gasteiger charge is -2.08. The topological polar surface area (TPSA) is 59.0 Å². The van der Waals surface area contributed by atoms with Crippen LogP contribution in [0.1, 0.15) is 5.56 Å². The molecule has 17 heavy (non-hydrogen) atoms. The van der Waals surface area contributed by atoms with Crippen LogP contribution >= 0.6 is 11.6 Å². The highest BCUT2D eigenvalue weighted by atomic mass is 35.5. The van der Waals surface area contributed by atoms with E-state index in [0.29, 0.717) is 27.8 Å². The molecule has 0 fully saturated rings. The third-order valence-electron chi connectivity index (χ3n) is 2.17. The molecule has 2 aromatic rings. The highest BCUT2D eigenvalue weighted by Crippen LogP contribution is 2.30. The highest BCUT2D eigenvalue weighted by Gasteiger charge is 2.03. The zero-order valence-electron chi connectivity index (χ0n) is 8.85. The lowest BCUT2D eigenvalue weighted by molar-refractivity contribution is 0.485. The number of anilines is 1. The summed E-state index contributed by atoms with van der Waals surface area (Å²) in [6, 6.07) is 13.9. The Balaban J connectivity index is 2.31. The molecule has 0 heterocycles. The highest BCUT2D eigenvalue weighted by molar-refractivity contribution is 6.30. The maximum absolute atomic E-state index is 8.78. The van der Waals surface area contributed by atoms with Gasteiger partial charge in [0.15, 0.2) is 5.75 Å². The fourth-order valence-corrected chi connectivity index (χ4v) is 1.51. The van der Waals surface area contributed by atoms with Crippen LogP contribution in [0.2, 0.25) is 5.02 Å². The van der Waals surface area contributed by atoms with E-state index in [4.69, 9.17) is 27.3 Å². The molecule has 4 heteroatoms. The third kappa shape index (κ3) is 2.68. The van der Waals surface area contributed by atoms with Gasteiger partial charge in [0.05, 0.1) is 17.3 Å². The first kappa shape index (κ1) is 11.3. The van der Waals surface area contributed by atoms with Gasteiger partial charge in [0.25, 0.3) is 0 Å². The minimum atomic E-state index is 0.479. The lowest BCUT2D eigenvalue weighted by atomic mass is 10.2. The van der Waals surface area contributed by atoms with E-state index in [1.54, 1.807) is 42.5 Å². The second-order valence-electron chi connectivity index (χ2n) is 3.42. The van der Waals surface area contributed by atoms with E-state index in [1.807, 2.05) is 6.07 Å². The van der Waals surface area contributed by atoms with Gasteiger partial charge < -0.3 is 10.5 Å². The summed E-state index contributed by atoms with van der Waals surface area (Å²) in [7, 11) is 0. The molecule has 2 N–H and O–H groups in total. The zero-order valence-corrected chi connectivity index (χ0v) is 9.61. The van der Waals surface area contributed by atoms with Crippen LogP contribution in [0.15, 0.2) is 42.5 Å². The van der Waals surface area contributed by atoms with E-state index in [-0.39, 0.29) is 0 Å². The van der Waals surface area contributed by atoms with Gasteiger partial charge in [-0.25, -0.2) is 0 Å². The van der Waals surface area contributed by atoms with Gasteiger partial charge in [-0.05, 0) is 30.3 Å². The molecular weight excluding hydrogens is 236 g/mol. The van der Waals surface area contributed by atoms with Gasteiger partial charge in [0.2, 0.25) is 0 Å². The molecule has 0 saturated carbocycles. The Kier molecular flexibility index (Phi) is 3.17. The van der Waals surface area contributed by atoms with Gasteiger partial charge in [-0.3, -0.25) is 0 Å². The number of halogens is 1. The van der Waals surface area contributed by atoms with E-state index in [1.165, 1.54) is 0 Å². The van der Waals surface area contributed by atoms with Gasteiger partial charge in [-0.2, -0.15) is 5.26 Å². The van der Waals surface area contributed by atoms with Gasteiger partial charge in [-0.1, -0.05) is 17.7 Å². The Bertz CT molecular complexity index is 590. The number of nitrogen functional groups attached to an aromatic ring is 1. The maximum atomic E-state index is 8.78. The van der Waals surface area contributed by atoms with Crippen molar-refractivity contribution in [2.75, 3.05) is 5.73 Å². The summed E-state index contributed by atoms with van der Waals surface area (Å²) in [6.45, 7) is 0. The second kappa shape index (κ2) is 4.77. The van der Waals surface area contributed by atoms with Gasteiger partial charge in [0.1, 0.15) is 5.75 Å². The normalized spacial score (nSPS) is 9.65. The number of hydrogen-bond acceptors (Lipinski definition) is 3. The van der Waals surface area contributed by atoms with Crippen LogP contribution in [0.3, 0.4) is 0 Å². The largest absolute Gasteiger partial charge is 0.455 e. The molecule has 0 bridgehead atoms. The Morgan fingerprint density at radius 2 is 2.00 bits per heavy atom. The van der Waals surface area contributed by atoms with Gasteiger partial charge in [0, 0.05) is 11.1 Å². The van der Waals surface area contributed by atoms with E-state index >= 15 is 0 Å².